The Morgan fingerprint density at radius 3 is 2.52 bits per heavy atom. The summed E-state index contributed by atoms with van der Waals surface area (Å²) in [7, 11) is -3.72. The minimum atomic E-state index is -3.72. The fourth-order valence-corrected chi connectivity index (χ4v) is 5.82. The van der Waals surface area contributed by atoms with Crippen LogP contribution in [-0.2, 0) is 14.8 Å². The summed E-state index contributed by atoms with van der Waals surface area (Å²) >= 11 is 0. The van der Waals surface area contributed by atoms with Gasteiger partial charge >= 0.3 is 0 Å². The molecule has 1 amide bonds. The van der Waals surface area contributed by atoms with Gasteiger partial charge in [0.15, 0.2) is 0 Å². The average Bonchev–Trinajstić information content (AvgIpc) is 2.71. The lowest BCUT2D eigenvalue weighted by molar-refractivity contribution is -0.127. The summed E-state index contributed by atoms with van der Waals surface area (Å²) in [5.41, 5.74) is 0. The van der Waals surface area contributed by atoms with Gasteiger partial charge in [0.05, 0.1) is 10.9 Å². The molecule has 2 fully saturated rings. The van der Waals surface area contributed by atoms with E-state index in [0.717, 1.165) is 18.9 Å². The first-order valence-corrected chi connectivity index (χ1v) is 11.9. The summed E-state index contributed by atoms with van der Waals surface area (Å²) < 4.78 is 40.3. The third-order valence-electron chi connectivity index (χ3n) is 6.67. The Hall–Kier alpha value is -1.51. The zero-order valence-electron chi connectivity index (χ0n) is 17.5. The van der Waals surface area contributed by atoms with Crippen LogP contribution in [0.2, 0.25) is 0 Å². The van der Waals surface area contributed by atoms with E-state index in [1.165, 1.54) is 28.9 Å². The monoisotopic (exact) mass is 425 g/mol. The zero-order valence-corrected chi connectivity index (χ0v) is 18.3. The van der Waals surface area contributed by atoms with Crippen molar-refractivity contribution in [2.45, 2.75) is 57.0 Å². The number of sulfonamides is 1. The molecule has 1 aromatic rings. The molecule has 1 heterocycles. The van der Waals surface area contributed by atoms with Crippen LogP contribution < -0.4 is 5.32 Å². The van der Waals surface area contributed by atoms with E-state index < -0.39 is 15.8 Å². The number of benzene rings is 1. The van der Waals surface area contributed by atoms with Crippen LogP contribution in [0.4, 0.5) is 4.39 Å². The van der Waals surface area contributed by atoms with Gasteiger partial charge in [-0.25, -0.2) is 12.8 Å². The van der Waals surface area contributed by atoms with Gasteiger partial charge in [-0.3, -0.25) is 9.69 Å². The van der Waals surface area contributed by atoms with E-state index >= 15 is 0 Å². The van der Waals surface area contributed by atoms with Crippen molar-refractivity contribution in [1.82, 2.24) is 14.5 Å². The average molecular weight is 426 g/mol. The van der Waals surface area contributed by atoms with Crippen LogP contribution in [0.3, 0.4) is 0 Å². The second-order valence-corrected chi connectivity index (χ2v) is 10.4. The number of piperazine rings is 1. The van der Waals surface area contributed by atoms with E-state index in [4.69, 9.17) is 0 Å². The Balaban J connectivity index is 1.56. The minimum Gasteiger partial charge on any atom is -0.352 e. The summed E-state index contributed by atoms with van der Waals surface area (Å²) in [6.45, 7) is 7.84. The summed E-state index contributed by atoms with van der Waals surface area (Å²) in [5, 5.41) is 3.22. The number of hydrogen-bond acceptors (Lipinski definition) is 4. The fourth-order valence-electron chi connectivity index (χ4n) is 4.36. The topological polar surface area (TPSA) is 69.7 Å². The molecule has 0 aromatic heterocycles. The molecule has 2 aliphatic rings. The molecule has 1 aliphatic heterocycles. The maximum atomic E-state index is 13.4. The highest BCUT2D eigenvalue weighted by Gasteiger charge is 2.34. The first-order chi connectivity index (χ1) is 13.7. The van der Waals surface area contributed by atoms with E-state index in [2.05, 4.69) is 19.2 Å². The minimum absolute atomic E-state index is 0.0115. The molecule has 4 atom stereocenters. The van der Waals surface area contributed by atoms with Gasteiger partial charge in [-0.15, -0.1) is 0 Å². The van der Waals surface area contributed by atoms with Gasteiger partial charge in [0.1, 0.15) is 5.82 Å². The van der Waals surface area contributed by atoms with Crippen LogP contribution in [-0.4, -0.2) is 61.8 Å². The number of nitrogens with zero attached hydrogens (tertiary/aromatic N) is 2. The molecule has 1 aliphatic carbocycles. The van der Waals surface area contributed by atoms with Crippen molar-refractivity contribution in [3.8, 4) is 0 Å². The van der Waals surface area contributed by atoms with Crippen LogP contribution in [0.15, 0.2) is 29.2 Å². The molecule has 6 nitrogen and oxygen atoms in total. The van der Waals surface area contributed by atoms with Crippen LogP contribution in [0, 0.1) is 17.7 Å². The van der Waals surface area contributed by atoms with Gasteiger partial charge in [-0.05, 0) is 43.4 Å². The van der Waals surface area contributed by atoms with E-state index in [-0.39, 0.29) is 36.0 Å². The van der Waals surface area contributed by atoms with Crippen molar-refractivity contribution in [3.05, 3.63) is 30.1 Å². The third-order valence-corrected chi connectivity index (χ3v) is 8.56. The van der Waals surface area contributed by atoms with Crippen molar-refractivity contribution in [2.24, 2.45) is 11.8 Å². The predicted molar refractivity (Wildman–Crippen MR) is 110 cm³/mol. The molecule has 0 spiro atoms. The molecule has 1 saturated heterocycles. The lowest BCUT2D eigenvalue weighted by Crippen LogP contribution is -2.56. The SMILES string of the molecule is C[C@@H]1[C@@H](C)CCC[C@H]1NC(=O)[C@@H](C)N1CCN(S(=O)(=O)c2cccc(F)c2)CC1. The number of carbonyl (C=O) groups excluding carboxylic acids is 1. The maximum Gasteiger partial charge on any atom is 0.243 e. The molecule has 162 valence electrons. The molecule has 0 radical (unpaired) electrons. The molecule has 1 aromatic carbocycles. The van der Waals surface area contributed by atoms with Gasteiger partial charge in [-0.2, -0.15) is 4.31 Å². The van der Waals surface area contributed by atoms with Gasteiger partial charge < -0.3 is 5.32 Å². The molecule has 29 heavy (non-hydrogen) atoms. The Morgan fingerprint density at radius 2 is 1.86 bits per heavy atom. The van der Waals surface area contributed by atoms with E-state index in [1.54, 1.807) is 0 Å². The number of halogens is 1. The smallest absolute Gasteiger partial charge is 0.243 e. The number of nitrogens with one attached hydrogen (secondary N) is 1. The van der Waals surface area contributed by atoms with Crippen LogP contribution in [0.5, 0.6) is 0 Å². The molecular formula is C21H32FN3O3S. The molecule has 3 rings (SSSR count). The second-order valence-electron chi connectivity index (χ2n) is 8.46. The van der Waals surface area contributed by atoms with Crippen molar-refractivity contribution in [3.63, 3.8) is 0 Å². The number of carbonyl (C=O) groups is 1. The fraction of sp³-hybridized carbons (Fsp3) is 0.667. The molecule has 1 N–H and O–H groups in total. The lowest BCUT2D eigenvalue weighted by Gasteiger charge is -2.39. The predicted octanol–water partition coefficient (Wildman–Crippen LogP) is 2.46. The van der Waals surface area contributed by atoms with Gasteiger partial charge in [0.25, 0.3) is 0 Å². The highest BCUT2D eigenvalue weighted by atomic mass is 32.2. The largest absolute Gasteiger partial charge is 0.352 e. The lowest BCUT2D eigenvalue weighted by atomic mass is 9.78. The van der Waals surface area contributed by atoms with Crippen molar-refractivity contribution in [2.75, 3.05) is 26.2 Å². The number of hydrogen-bond donors (Lipinski definition) is 1. The van der Waals surface area contributed by atoms with Gasteiger partial charge in [0.2, 0.25) is 15.9 Å². The molecule has 8 heteroatoms. The first kappa shape index (κ1) is 22.2. The summed E-state index contributed by atoms with van der Waals surface area (Å²) in [6, 6.07) is 4.99. The molecule has 0 bridgehead atoms. The Kier molecular flexibility index (Phi) is 6.96. The molecule has 0 unspecified atom stereocenters. The summed E-state index contributed by atoms with van der Waals surface area (Å²) in [5.74, 6) is 0.521. The van der Waals surface area contributed by atoms with Crippen molar-refractivity contribution >= 4 is 15.9 Å². The van der Waals surface area contributed by atoms with Crippen LogP contribution >= 0.6 is 0 Å². The quantitative estimate of drug-likeness (QED) is 0.787. The summed E-state index contributed by atoms with van der Waals surface area (Å²) in [4.78, 5) is 14.8. The number of amides is 1. The molecule has 1 saturated carbocycles. The Labute approximate surface area is 173 Å². The summed E-state index contributed by atoms with van der Waals surface area (Å²) in [6.07, 6.45) is 3.37. The zero-order chi connectivity index (χ0) is 21.2. The van der Waals surface area contributed by atoms with E-state index in [0.29, 0.717) is 24.9 Å². The number of rotatable bonds is 5. The van der Waals surface area contributed by atoms with Crippen LogP contribution in [0.1, 0.15) is 40.0 Å². The maximum absolute atomic E-state index is 13.4. The van der Waals surface area contributed by atoms with E-state index in [9.17, 15) is 17.6 Å². The van der Waals surface area contributed by atoms with Crippen molar-refractivity contribution in [1.29, 1.82) is 0 Å². The van der Waals surface area contributed by atoms with E-state index in [1.807, 2.05) is 11.8 Å². The molecular weight excluding hydrogens is 393 g/mol. The van der Waals surface area contributed by atoms with Crippen LogP contribution in [0.25, 0.3) is 0 Å². The third kappa shape index (κ3) is 4.98. The Morgan fingerprint density at radius 1 is 1.17 bits per heavy atom. The van der Waals surface area contributed by atoms with Gasteiger partial charge in [-0.1, -0.05) is 32.8 Å². The highest BCUT2D eigenvalue weighted by molar-refractivity contribution is 7.89. The highest BCUT2D eigenvalue weighted by Crippen LogP contribution is 2.29. The van der Waals surface area contributed by atoms with Gasteiger partial charge in [0, 0.05) is 32.2 Å². The normalized spacial score (nSPS) is 28.1. The Bertz CT molecular complexity index is 824. The standard InChI is InChI=1S/C21H32FN3O3S/c1-15-6-4-9-20(16(15)2)23-21(26)17(3)24-10-12-25(13-11-24)29(27,28)19-8-5-7-18(22)14-19/h5,7-8,14-17,20H,4,6,9-13H2,1-3H3,(H,23,26)/t15-,16+,17+,20+/m0/s1. The second kappa shape index (κ2) is 9.10. The van der Waals surface area contributed by atoms with Crippen molar-refractivity contribution < 1.29 is 17.6 Å². The first-order valence-electron chi connectivity index (χ1n) is 10.5.